The van der Waals surface area contributed by atoms with E-state index in [4.69, 9.17) is 4.74 Å². The van der Waals surface area contributed by atoms with Gasteiger partial charge in [0.15, 0.2) is 0 Å². The number of nitrogens with zero attached hydrogens (tertiary/aromatic N) is 1. The third-order valence-electron chi connectivity index (χ3n) is 3.53. The summed E-state index contributed by atoms with van der Waals surface area (Å²) in [6, 6.07) is 5.17. The maximum atomic E-state index is 12.6. The summed E-state index contributed by atoms with van der Waals surface area (Å²) >= 11 is 0. The Hall–Kier alpha value is -2.30. The van der Waals surface area contributed by atoms with Gasteiger partial charge in [-0.3, -0.25) is 4.79 Å². The first-order chi connectivity index (χ1) is 10.3. The molecule has 2 rings (SSSR count). The van der Waals surface area contributed by atoms with E-state index in [1.807, 2.05) is 32.3 Å². The van der Waals surface area contributed by atoms with E-state index in [-0.39, 0.29) is 17.7 Å². The van der Waals surface area contributed by atoms with Gasteiger partial charge < -0.3 is 14.4 Å². The van der Waals surface area contributed by atoms with Gasteiger partial charge in [0.25, 0.3) is 0 Å². The monoisotopic (exact) mass is 303 g/mol. The highest BCUT2D eigenvalue weighted by molar-refractivity contribution is 5.95. The fourth-order valence-corrected chi connectivity index (χ4v) is 2.79. The van der Waals surface area contributed by atoms with Crippen molar-refractivity contribution in [1.82, 2.24) is 4.57 Å². The fourth-order valence-electron chi connectivity index (χ4n) is 2.79. The number of ether oxygens (including phenoxy) is 1. The van der Waals surface area contributed by atoms with Gasteiger partial charge >= 0.3 is 5.97 Å². The van der Waals surface area contributed by atoms with Crippen molar-refractivity contribution in [2.24, 2.45) is 0 Å². The largest absolute Gasteiger partial charge is 0.489 e. The first kappa shape index (κ1) is 16.1. The Morgan fingerprint density at radius 3 is 2.36 bits per heavy atom. The van der Waals surface area contributed by atoms with Crippen LogP contribution < -0.4 is 10.2 Å². The van der Waals surface area contributed by atoms with E-state index in [0.29, 0.717) is 22.3 Å². The molecule has 0 aliphatic carbocycles. The summed E-state index contributed by atoms with van der Waals surface area (Å²) in [5.41, 5.74) is 0.451. The molecule has 0 spiro atoms. The third-order valence-corrected chi connectivity index (χ3v) is 3.53. The maximum Gasteiger partial charge on any atom is 0.341 e. The van der Waals surface area contributed by atoms with Crippen LogP contribution in [0.5, 0.6) is 5.75 Å². The summed E-state index contributed by atoms with van der Waals surface area (Å²) < 4.78 is 7.68. The van der Waals surface area contributed by atoms with E-state index in [2.05, 4.69) is 0 Å². The minimum Gasteiger partial charge on any atom is -0.489 e. The lowest BCUT2D eigenvalue weighted by atomic mass is 10.1. The van der Waals surface area contributed by atoms with Crippen LogP contribution in [-0.2, 0) is 0 Å². The maximum absolute atomic E-state index is 12.6. The van der Waals surface area contributed by atoms with E-state index < -0.39 is 11.4 Å². The van der Waals surface area contributed by atoms with Crippen molar-refractivity contribution in [3.05, 3.63) is 39.7 Å². The highest BCUT2D eigenvalue weighted by Crippen LogP contribution is 2.29. The number of aromatic nitrogens is 1. The lowest BCUT2D eigenvalue weighted by Gasteiger charge is -2.23. The smallest absolute Gasteiger partial charge is 0.341 e. The van der Waals surface area contributed by atoms with Gasteiger partial charge in [-0.2, -0.15) is 0 Å². The molecule has 0 radical (unpaired) electrons. The number of carbonyl (C=O) groups is 1. The van der Waals surface area contributed by atoms with Crippen LogP contribution in [0.4, 0.5) is 0 Å². The van der Waals surface area contributed by atoms with E-state index in [9.17, 15) is 14.7 Å². The molecule has 22 heavy (non-hydrogen) atoms. The molecule has 0 fully saturated rings. The number of carboxylic acids is 1. The van der Waals surface area contributed by atoms with E-state index >= 15 is 0 Å². The predicted octanol–water partition coefficient (Wildman–Crippen LogP) is 3.38. The lowest BCUT2D eigenvalue weighted by molar-refractivity contribution is 0.0693. The second kappa shape index (κ2) is 5.83. The van der Waals surface area contributed by atoms with Crippen molar-refractivity contribution in [3.8, 4) is 5.75 Å². The van der Waals surface area contributed by atoms with Crippen molar-refractivity contribution in [3.63, 3.8) is 0 Å². The number of para-hydroxylation sites is 1. The second-order valence-electron chi connectivity index (χ2n) is 5.88. The Kier molecular flexibility index (Phi) is 4.26. The molecule has 0 amide bonds. The number of hydrogen-bond acceptors (Lipinski definition) is 3. The summed E-state index contributed by atoms with van der Waals surface area (Å²) in [4.78, 5) is 24.0. The van der Waals surface area contributed by atoms with Crippen molar-refractivity contribution < 1.29 is 14.6 Å². The highest BCUT2D eigenvalue weighted by atomic mass is 16.5. The van der Waals surface area contributed by atoms with Crippen LogP contribution in [0.1, 0.15) is 49.8 Å². The van der Waals surface area contributed by atoms with Crippen molar-refractivity contribution in [2.45, 2.75) is 46.8 Å². The van der Waals surface area contributed by atoms with Gasteiger partial charge in [-0.25, -0.2) is 4.79 Å². The highest BCUT2D eigenvalue weighted by Gasteiger charge is 2.22. The minimum atomic E-state index is -1.20. The molecule has 0 aliphatic heterocycles. The van der Waals surface area contributed by atoms with Crippen LogP contribution in [0.3, 0.4) is 0 Å². The lowest BCUT2D eigenvalue weighted by Crippen LogP contribution is -2.24. The summed E-state index contributed by atoms with van der Waals surface area (Å²) in [5.74, 6) is -0.604. The molecular formula is C17H21NO4. The van der Waals surface area contributed by atoms with E-state index in [1.165, 1.54) is 0 Å². The normalized spacial score (nSPS) is 11.4. The summed E-state index contributed by atoms with van der Waals surface area (Å²) in [6.07, 6.45) is -0.0410. The van der Waals surface area contributed by atoms with Gasteiger partial charge in [0, 0.05) is 11.7 Å². The van der Waals surface area contributed by atoms with Gasteiger partial charge in [0.05, 0.1) is 17.0 Å². The standard InChI is InChI=1S/C17H21NO4/c1-9(2)18-11(5)14(17(20)21)16(19)12-7-6-8-13(15(12)18)22-10(3)4/h6-10H,1-5H3,(H,20,21). The van der Waals surface area contributed by atoms with Crippen molar-refractivity contribution in [2.75, 3.05) is 0 Å². The molecule has 0 aliphatic rings. The molecule has 1 heterocycles. The zero-order valence-electron chi connectivity index (χ0n) is 13.5. The molecule has 0 unspecified atom stereocenters. The Morgan fingerprint density at radius 2 is 1.86 bits per heavy atom. The SMILES string of the molecule is Cc1c(C(=O)O)c(=O)c2cccc(OC(C)C)c2n1C(C)C. The van der Waals surface area contributed by atoms with Crippen molar-refractivity contribution in [1.29, 1.82) is 0 Å². The van der Waals surface area contributed by atoms with Crippen LogP contribution in [0.25, 0.3) is 10.9 Å². The third kappa shape index (κ3) is 2.58. The molecule has 118 valence electrons. The first-order valence-electron chi connectivity index (χ1n) is 7.33. The molecular weight excluding hydrogens is 282 g/mol. The second-order valence-corrected chi connectivity index (χ2v) is 5.88. The number of hydrogen-bond donors (Lipinski definition) is 1. The molecule has 0 saturated carbocycles. The van der Waals surface area contributed by atoms with E-state index in [1.54, 1.807) is 25.1 Å². The number of fused-ring (bicyclic) bond motifs is 1. The average Bonchev–Trinajstić information content (AvgIpc) is 2.38. The topological polar surface area (TPSA) is 68.5 Å². The minimum absolute atomic E-state index is 0.00175. The number of pyridine rings is 1. The molecule has 1 aromatic carbocycles. The van der Waals surface area contributed by atoms with Gasteiger partial charge in [0.1, 0.15) is 11.3 Å². The number of aromatic carboxylic acids is 1. The molecule has 2 aromatic rings. The van der Waals surface area contributed by atoms with Crippen LogP contribution >= 0.6 is 0 Å². The summed E-state index contributed by atoms with van der Waals surface area (Å²) in [6.45, 7) is 9.39. The van der Waals surface area contributed by atoms with Crippen LogP contribution in [0, 0.1) is 6.92 Å². The molecule has 0 saturated heterocycles. The average molecular weight is 303 g/mol. The molecule has 1 aromatic heterocycles. The number of rotatable bonds is 4. The Labute approximate surface area is 129 Å². The van der Waals surface area contributed by atoms with Gasteiger partial charge in [-0.1, -0.05) is 6.07 Å². The van der Waals surface area contributed by atoms with Crippen LogP contribution in [0.2, 0.25) is 0 Å². The summed E-state index contributed by atoms with van der Waals surface area (Å²) in [5, 5.41) is 9.75. The molecule has 5 nitrogen and oxygen atoms in total. The zero-order chi connectivity index (χ0) is 16.6. The van der Waals surface area contributed by atoms with E-state index in [0.717, 1.165) is 0 Å². The predicted molar refractivity (Wildman–Crippen MR) is 86.1 cm³/mol. The van der Waals surface area contributed by atoms with Gasteiger partial charge in [-0.05, 0) is 46.8 Å². The Balaban J connectivity index is 3.02. The summed E-state index contributed by atoms with van der Waals surface area (Å²) in [7, 11) is 0. The zero-order valence-corrected chi connectivity index (χ0v) is 13.5. The quantitative estimate of drug-likeness (QED) is 0.940. The van der Waals surface area contributed by atoms with Crippen LogP contribution in [-0.4, -0.2) is 21.7 Å². The Morgan fingerprint density at radius 1 is 1.23 bits per heavy atom. The van der Waals surface area contributed by atoms with Crippen LogP contribution in [0.15, 0.2) is 23.0 Å². The number of carboxylic acid groups (broad SMARTS) is 1. The molecule has 0 bridgehead atoms. The molecule has 0 atom stereocenters. The first-order valence-corrected chi connectivity index (χ1v) is 7.33. The van der Waals surface area contributed by atoms with Gasteiger partial charge in [0.2, 0.25) is 5.43 Å². The number of benzene rings is 1. The fraction of sp³-hybridized carbons (Fsp3) is 0.412. The molecule has 1 N–H and O–H groups in total. The van der Waals surface area contributed by atoms with Gasteiger partial charge in [-0.15, -0.1) is 0 Å². The van der Waals surface area contributed by atoms with Crippen molar-refractivity contribution >= 4 is 16.9 Å². The Bertz CT molecular complexity index is 787. The molecule has 5 heteroatoms.